The van der Waals surface area contributed by atoms with Crippen molar-refractivity contribution < 1.29 is 8.78 Å². The number of pyridine rings is 1. The van der Waals surface area contributed by atoms with Gasteiger partial charge in [-0.15, -0.1) is 0 Å². The second-order valence-corrected chi connectivity index (χ2v) is 5.68. The molecule has 21 heavy (non-hydrogen) atoms. The molecule has 2 nitrogen and oxygen atoms in total. The van der Waals surface area contributed by atoms with Gasteiger partial charge in [-0.25, -0.2) is 8.78 Å². The van der Waals surface area contributed by atoms with Gasteiger partial charge in [-0.05, 0) is 59.1 Å². The van der Waals surface area contributed by atoms with Crippen molar-refractivity contribution in [2.75, 3.05) is 6.54 Å². The molecular formula is C16H17BrF2N2. The van der Waals surface area contributed by atoms with Crippen LogP contribution < -0.4 is 5.32 Å². The van der Waals surface area contributed by atoms with Crippen LogP contribution in [0.4, 0.5) is 8.78 Å². The maximum absolute atomic E-state index is 14.3. The van der Waals surface area contributed by atoms with Crippen LogP contribution in [0, 0.1) is 11.6 Å². The second kappa shape index (κ2) is 7.61. The Morgan fingerprint density at radius 1 is 1.29 bits per heavy atom. The fourth-order valence-electron chi connectivity index (χ4n) is 2.21. The van der Waals surface area contributed by atoms with Crippen LogP contribution in [-0.2, 0) is 6.42 Å². The van der Waals surface area contributed by atoms with Crippen molar-refractivity contribution in [1.82, 2.24) is 10.3 Å². The van der Waals surface area contributed by atoms with Crippen LogP contribution in [0.1, 0.15) is 30.5 Å². The highest BCUT2D eigenvalue weighted by molar-refractivity contribution is 9.10. The van der Waals surface area contributed by atoms with Gasteiger partial charge in [-0.3, -0.25) is 4.98 Å². The molecule has 2 rings (SSSR count). The summed E-state index contributed by atoms with van der Waals surface area (Å²) in [5.41, 5.74) is 1.01. The zero-order valence-corrected chi connectivity index (χ0v) is 13.3. The van der Waals surface area contributed by atoms with E-state index in [1.165, 1.54) is 12.1 Å². The number of halogens is 3. The molecule has 1 aromatic heterocycles. The molecule has 0 spiro atoms. The van der Waals surface area contributed by atoms with Crippen LogP contribution in [0.5, 0.6) is 0 Å². The van der Waals surface area contributed by atoms with Crippen molar-refractivity contribution in [1.29, 1.82) is 0 Å². The first kappa shape index (κ1) is 16.0. The van der Waals surface area contributed by atoms with Gasteiger partial charge in [0.05, 0.1) is 4.47 Å². The van der Waals surface area contributed by atoms with E-state index >= 15 is 0 Å². The highest BCUT2D eigenvalue weighted by Gasteiger charge is 2.22. The molecule has 0 aliphatic carbocycles. The lowest BCUT2D eigenvalue weighted by atomic mass is 9.98. The summed E-state index contributed by atoms with van der Waals surface area (Å²) in [6.07, 6.45) is 4.77. The molecule has 0 aliphatic heterocycles. The van der Waals surface area contributed by atoms with Gasteiger partial charge in [0.25, 0.3) is 0 Å². The summed E-state index contributed by atoms with van der Waals surface area (Å²) in [6.45, 7) is 2.71. The van der Waals surface area contributed by atoms with Crippen LogP contribution in [0.2, 0.25) is 0 Å². The fourth-order valence-corrected chi connectivity index (χ4v) is 2.56. The first-order valence-corrected chi connectivity index (χ1v) is 7.68. The van der Waals surface area contributed by atoms with E-state index in [-0.39, 0.29) is 10.0 Å². The summed E-state index contributed by atoms with van der Waals surface area (Å²) in [7, 11) is 0. The number of nitrogens with one attached hydrogen (secondary N) is 1. The fraction of sp³-hybridized carbons (Fsp3) is 0.312. The maximum Gasteiger partial charge on any atom is 0.145 e. The third kappa shape index (κ3) is 4.08. The highest BCUT2D eigenvalue weighted by atomic mass is 79.9. The molecular weight excluding hydrogens is 338 g/mol. The average Bonchev–Trinajstić information content (AvgIpc) is 2.50. The van der Waals surface area contributed by atoms with Crippen molar-refractivity contribution in [2.45, 2.75) is 25.8 Å². The van der Waals surface area contributed by atoms with Crippen LogP contribution in [-0.4, -0.2) is 11.5 Å². The summed E-state index contributed by atoms with van der Waals surface area (Å²) in [5, 5.41) is 3.21. The number of hydrogen-bond donors (Lipinski definition) is 1. The Balaban J connectivity index is 2.34. The first-order chi connectivity index (χ1) is 10.1. The SMILES string of the molecule is CCCNC(Cc1cccnc1)c1c(F)ccc(Br)c1F. The van der Waals surface area contributed by atoms with E-state index in [1.807, 2.05) is 19.1 Å². The molecule has 0 amide bonds. The summed E-state index contributed by atoms with van der Waals surface area (Å²) in [6, 6.07) is 5.97. The third-order valence-corrected chi connectivity index (χ3v) is 3.84. The summed E-state index contributed by atoms with van der Waals surface area (Å²) >= 11 is 3.12. The van der Waals surface area contributed by atoms with E-state index in [2.05, 4.69) is 26.2 Å². The molecule has 0 bridgehead atoms. The van der Waals surface area contributed by atoms with Crippen molar-refractivity contribution in [3.63, 3.8) is 0 Å². The first-order valence-electron chi connectivity index (χ1n) is 6.89. The summed E-state index contributed by atoms with van der Waals surface area (Å²) < 4.78 is 28.7. The topological polar surface area (TPSA) is 24.9 Å². The predicted molar refractivity (Wildman–Crippen MR) is 83.0 cm³/mol. The van der Waals surface area contributed by atoms with Crippen LogP contribution in [0.15, 0.2) is 41.1 Å². The Labute approximate surface area is 131 Å². The van der Waals surface area contributed by atoms with E-state index in [1.54, 1.807) is 12.4 Å². The third-order valence-electron chi connectivity index (χ3n) is 3.23. The van der Waals surface area contributed by atoms with Gasteiger partial charge >= 0.3 is 0 Å². The molecule has 1 unspecified atom stereocenters. The quantitative estimate of drug-likeness (QED) is 0.777. The van der Waals surface area contributed by atoms with Gasteiger partial charge in [0, 0.05) is 24.0 Å². The van der Waals surface area contributed by atoms with E-state index in [0.29, 0.717) is 13.0 Å². The van der Waals surface area contributed by atoms with Crippen LogP contribution in [0.3, 0.4) is 0 Å². The lowest BCUT2D eigenvalue weighted by Crippen LogP contribution is -2.26. The van der Waals surface area contributed by atoms with Gasteiger partial charge in [0.15, 0.2) is 0 Å². The smallest absolute Gasteiger partial charge is 0.145 e. The van der Waals surface area contributed by atoms with Gasteiger partial charge in [0.2, 0.25) is 0 Å². The van der Waals surface area contributed by atoms with E-state index in [0.717, 1.165) is 12.0 Å². The summed E-state index contributed by atoms with van der Waals surface area (Å²) in [4.78, 5) is 4.05. The highest BCUT2D eigenvalue weighted by Crippen LogP contribution is 2.28. The number of nitrogens with zero attached hydrogens (tertiary/aromatic N) is 1. The monoisotopic (exact) mass is 354 g/mol. The molecule has 0 saturated carbocycles. The molecule has 1 aromatic carbocycles. The molecule has 5 heteroatoms. The number of benzene rings is 1. The Morgan fingerprint density at radius 3 is 2.76 bits per heavy atom. The molecule has 2 aromatic rings. The standard InChI is InChI=1S/C16H17BrF2N2/c1-2-7-21-14(9-11-4-3-8-20-10-11)15-13(18)6-5-12(17)16(15)19/h3-6,8,10,14,21H,2,7,9H2,1H3. The van der Waals surface area contributed by atoms with Crippen LogP contribution in [0.25, 0.3) is 0 Å². The molecule has 1 atom stereocenters. The minimum atomic E-state index is -0.549. The molecule has 1 N–H and O–H groups in total. The minimum Gasteiger partial charge on any atom is -0.309 e. The Kier molecular flexibility index (Phi) is 5.82. The lowest BCUT2D eigenvalue weighted by molar-refractivity contribution is 0.462. The van der Waals surface area contributed by atoms with E-state index in [4.69, 9.17) is 0 Å². The Bertz CT molecular complexity index is 590. The Morgan fingerprint density at radius 2 is 2.10 bits per heavy atom. The zero-order valence-electron chi connectivity index (χ0n) is 11.7. The lowest BCUT2D eigenvalue weighted by Gasteiger charge is -2.20. The molecule has 112 valence electrons. The maximum atomic E-state index is 14.3. The predicted octanol–water partition coefficient (Wildman–Crippen LogP) is 4.41. The van der Waals surface area contributed by atoms with Crippen molar-refractivity contribution in [3.8, 4) is 0 Å². The van der Waals surface area contributed by atoms with E-state index in [9.17, 15) is 8.78 Å². The molecule has 0 saturated heterocycles. The average molecular weight is 355 g/mol. The number of hydrogen-bond acceptors (Lipinski definition) is 2. The van der Waals surface area contributed by atoms with Crippen molar-refractivity contribution in [3.05, 3.63) is 63.9 Å². The van der Waals surface area contributed by atoms with Gasteiger partial charge in [-0.1, -0.05) is 13.0 Å². The van der Waals surface area contributed by atoms with Crippen molar-refractivity contribution in [2.24, 2.45) is 0 Å². The van der Waals surface area contributed by atoms with Gasteiger partial charge < -0.3 is 5.32 Å². The molecule has 1 heterocycles. The zero-order chi connectivity index (χ0) is 15.2. The molecule has 0 aliphatic rings. The second-order valence-electron chi connectivity index (χ2n) is 4.83. The number of rotatable bonds is 6. The molecule has 0 radical (unpaired) electrons. The minimum absolute atomic E-state index is 0.0710. The largest absolute Gasteiger partial charge is 0.309 e. The van der Waals surface area contributed by atoms with E-state index < -0.39 is 17.7 Å². The van der Waals surface area contributed by atoms with Gasteiger partial charge in [0.1, 0.15) is 11.6 Å². The van der Waals surface area contributed by atoms with Crippen molar-refractivity contribution >= 4 is 15.9 Å². The Hall–Kier alpha value is -1.33. The summed E-state index contributed by atoms with van der Waals surface area (Å²) in [5.74, 6) is -1.08. The number of aromatic nitrogens is 1. The van der Waals surface area contributed by atoms with Gasteiger partial charge in [-0.2, -0.15) is 0 Å². The normalized spacial score (nSPS) is 12.4. The van der Waals surface area contributed by atoms with Crippen LogP contribution >= 0.6 is 15.9 Å². The molecule has 0 fully saturated rings.